The van der Waals surface area contributed by atoms with Gasteiger partial charge in [-0.25, -0.2) is 9.78 Å². The van der Waals surface area contributed by atoms with Gasteiger partial charge in [-0.15, -0.1) is 0 Å². The van der Waals surface area contributed by atoms with Crippen LogP contribution in [0.1, 0.15) is 35.9 Å². The number of rotatable bonds is 4. The van der Waals surface area contributed by atoms with Gasteiger partial charge < -0.3 is 10.3 Å². The second-order valence-electron chi connectivity index (χ2n) is 5.15. The Labute approximate surface area is 122 Å². The van der Waals surface area contributed by atoms with Crippen LogP contribution in [0.5, 0.6) is 0 Å². The number of nitrogens with zero attached hydrogens (tertiary/aromatic N) is 3. The quantitative estimate of drug-likeness (QED) is 0.869. The molecule has 1 amide bonds. The molecular weight excluding hydrogens is 270 g/mol. The smallest absolute Gasteiger partial charge is 0.345 e. The maximum atomic E-state index is 12.1. The molecule has 0 unspecified atom stereocenters. The van der Waals surface area contributed by atoms with Crippen LogP contribution in [0.3, 0.4) is 0 Å². The van der Waals surface area contributed by atoms with E-state index in [9.17, 15) is 9.59 Å². The first-order chi connectivity index (χ1) is 9.86. The Morgan fingerprint density at radius 3 is 2.71 bits per heavy atom. The van der Waals surface area contributed by atoms with E-state index in [4.69, 9.17) is 0 Å². The molecule has 2 heterocycles. The molecule has 0 aromatic carbocycles. The molecule has 0 aliphatic carbocycles. The summed E-state index contributed by atoms with van der Waals surface area (Å²) in [7, 11) is 0. The van der Waals surface area contributed by atoms with Crippen LogP contribution in [0, 0.1) is 20.8 Å². The van der Waals surface area contributed by atoms with Gasteiger partial charge in [0, 0.05) is 23.3 Å². The van der Waals surface area contributed by atoms with Crippen molar-refractivity contribution in [1.82, 2.24) is 24.8 Å². The lowest BCUT2D eigenvalue weighted by Crippen LogP contribution is -2.36. The van der Waals surface area contributed by atoms with Crippen molar-refractivity contribution in [2.45, 2.75) is 40.3 Å². The predicted molar refractivity (Wildman–Crippen MR) is 77.9 cm³/mol. The molecule has 0 saturated heterocycles. The van der Waals surface area contributed by atoms with Crippen molar-refractivity contribution in [3.63, 3.8) is 0 Å². The zero-order chi connectivity index (χ0) is 15.6. The molecule has 2 N–H and O–H groups in total. The number of imidazole rings is 1. The molecular formula is C14H19N5O2. The zero-order valence-electron chi connectivity index (χ0n) is 12.6. The third kappa shape index (κ3) is 3.56. The molecule has 0 aliphatic rings. The number of hydrogen-bond acceptors (Lipinski definition) is 4. The van der Waals surface area contributed by atoms with Crippen LogP contribution in [-0.2, 0) is 11.3 Å². The van der Waals surface area contributed by atoms with E-state index in [-0.39, 0.29) is 18.5 Å². The van der Waals surface area contributed by atoms with E-state index in [0.717, 1.165) is 5.69 Å². The highest BCUT2D eigenvalue weighted by Crippen LogP contribution is 2.07. The topological polar surface area (TPSA) is 92.7 Å². The van der Waals surface area contributed by atoms with E-state index in [1.54, 1.807) is 26.1 Å². The summed E-state index contributed by atoms with van der Waals surface area (Å²) in [6.07, 6.45) is 1.70. The number of carbonyl (C=O) groups is 1. The Morgan fingerprint density at radius 1 is 1.43 bits per heavy atom. The fraction of sp³-hybridized carbons (Fsp3) is 0.429. The molecule has 0 fully saturated rings. The highest BCUT2D eigenvalue weighted by Gasteiger charge is 2.14. The molecule has 2 aromatic heterocycles. The SMILES string of the molecule is Cc1cc(C)n(CC(=O)N[C@@H](C)c2ncc(C)[nH]2)c(=O)n1. The third-order valence-electron chi connectivity index (χ3n) is 3.16. The zero-order valence-corrected chi connectivity index (χ0v) is 12.6. The number of amides is 1. The Hall–Kier alpha value is -2.44. The number of nitrogens with one attached hydrogen (secondary N) is 2. The van der Waals surface area contributed by atoms with Crippen molar-refractivity contribution in [3.05, 3.63) is 45.7 Å². The lowest BCUT2D eigenvalue weighted by molar-refractivity contribution is -0.122. The van der Waals surface area contributed by atoms with Gasteiger partial charge in [-0.2, -0.15) is 4.98 Å². The van der Waals surface area contributed by atoms with Crippen LogP contribution in [0.25, 0.3) is 0 Å². The minimum atomic E-state index is -0.413. The number of aryl methyl sites for hydroxylation is 3. The van der Waals surface area contributed by atoms with E-state index >= 15 is 0 Å². The number of H-pyrrole nitrogens is 1. The Morgan fingerprint density at radius 2 is 2.14 bits per heavy atom. The molecule has 2 aromatic rings. The minimum Gasteiger partial charge on any atom is -0.345 e. The summed E-state index contributed by atoms with van der Waals surface area (Å²) in [5, 5.41) is 2.81. The standard InChI is InChI=1S/C14H19N5O2/c1-8-5-10(3)19(14(21)17-8)7-12(20)18-11(4)13-15-6-9(2)16-13/h5-6,11H,7H2,1-4H3,(H,15,16)(H,18,20)/t11-/m0/s1. The van der Waals surface area contributed by atoms with Gasteiger partial charge in [0.15, 0.2) is 0 Å². The molecule has 0 radical (unpaired) electrons. The van der Waals surface area contributed by atoms with Gasteiger partial charge in [0.1, 0.15) is 12.4 Å². The molecule has 21 heavy (non-hydrogen) atoms. The van der Waals surface area contributed by atoms with Crippen LogP contribution in [0.15, 0.2) is 17.1 Å². The minimum absolute atomic E-state index is 0.0536. The highest BCUT2D eigenvalue weighted by molar-refractivity contribution is 5.76. The Bertz CT molecular complexity index is 716. The molecule has 7 nitrogen and oxygen atoms in total. The van der Waals surface area contributed by atoms with Crippen molar-refractivity contribution in [2.75, 3.05) is 0 Å². The third-order valence-corrected chi connectivity index (χ3v) is 3.16. The number of aromatic nitrogens is 4. The van der Waals surface area contributed by atoms with Crippen LogP contribution in [-0.4, -0.2) is 25.4 Å². The number of aromatic amines is 1. The van der Waals surface area contributed by atoms with Crippen molar-refractivity contribution in [3.8, 4) is 0 Å². The van der Waals surface area contributed by atoms with E-state index < -0.39 is 5.69 Å². The van der Waals surface area contributed by atoms with Gasteiger partial charge in [-0.1, -0.05) is 0 Å². The lowest BCUT2D eigenvalue weighted by atomic mass is 10.3. The normalized spacial score (nSPS) is 12.2. The van der Waals surface area contributed by atoms with Gasteiger partial charge in [0.2, 0.25) is 5.91 Å². The van der Waals surface area contributed by atoms with E-state index in [1.165, 1.54) is 4.57 Å². The molecule has 0 bridgehead atoms. The summed E-state index contributed by atoms with van der Waals surface area (Å²) in [6.45, 7) is 7.20. The second kappa shape index (κ2) is 5.90. The summed E-state index contributed by atoms with van der Waals surface area (Å²) in [4.78, 5) is 34.9. The summed E-state index contributed by atoms with van der Waals surface area (Å²) in [5.74, 6) is 0.430. The molecule has 7 heteroatoms. The lowest BCUT2D eigenvalue weighted by Gasteiger charge is -2.13. The van der Waals surface area contributed by atoms with Crippen LogP contribution < -0.4 is 11.0 Å². The van der Waals surface area contributed by atoms with Crippen molar-refractivity contribution in [1.29, 1.82) is 0 Å². The second-order valence-corrected chi connectivity index (χ2v) is 5.15. The highest BCUT2D eigenvalue weighted by atomic mass is 16.2. The van der Waals surface area contributed by atoms with Crippen molar-refractivity contribution in [2.24, 2.45) is 0 Å². The summed E-state index contributed by atoms with van der Waals surface area (Å²) >= 11 is 0. The number of hydrogen-bond donors (Lipinski definition) is 2. The van der Waals surface area contributed by atoms with Crippen molar-refractivity contribution < 1.29 is 4.79 Å². The van der Waals surface area contributed by atoms with E-state index in [1.807, 2.05) is 13.8 Å². The number of carbonyl (C=O) groups excluding carboxylic acids is 1. The van der Waals surface area contributed by atoms with Gasteiger partial charge in [-0.05, 0) is 33.8 Å². The first-order valence-electron chi connectivity index (χ1n) is 6.72. The summed E-state index contributed by atoms with van der Waals surface area (Å²) in [6, 6.07) is 1.52. The summed E-state index contributed by atoms with van der Waals surface area (Å²) in [5.41, 5.74) is 1.88. The first-order valence-corrected chi connectivity index (χ1v) is 6.72. The molecule has 1 atom stereocenters. The first kappa shape index (κ1) is 15.0. The average Bonchev–Trinajstić information content (AvgIpc) is 2.80. The van der Waals surface area contributed by atoms with Gasteiger partial charge in [-0.3, -0.25) is 9.36 Å². The van der Waals surface area contributed by atoms with Gasteiger partial charge in [0.25, 0.3) is 0 Å². The summed E-state index contributed by atoms with van der Waals surface area (Å²) < 4.78 is 1.35. The maximum absolute atomic E-state index is 12.1. The van der Waals surface area contributed by atoms with Gasteiger partial charge in [0.05, 0.1) is 6.04 Å². The monoisotopic (exact) mass is 289 g/mol. The Kier molecular flexibility index (Phi) is 4.21. The molecule has 2 rings (SSSR count). The molecule has 112 valence electrons. The molecule has 0 spiro atoms. The maximum Gasteiger partial charge on any atom is 0.348 e. The molecule has 0 saturated carbocycles. The predicted octanol–water partition coefficient (Wildman–Crippen LogP) is 0.769. The fourth-order valence-electron chi connectivity index (χ4n) is 2.12. The van der Waals surface area contributed by atoms with E-state index in [2.05, 4.69) is 20.3 Å². The fourth-order valence-corrected chi connectivity index (χ4v) is 2.12. The van der Waals surface area contributed by atoms with Crippen molar-refractivity contribution >= 4 is 5.91 Å². The largest absolute Gasteiger partial charge is 0.348 e. The Balaban J connectivity index is 2.07. The van der Waals surface area contributed by atoms with Gasteiger partial charge >= 0.3 is 5.69 Å². The molecule has 0 aliphatic heterocycles. The van der Waals surface area contributed by atoms with Crippen LogP contribution in [0.2, 0.25) is 0 Å². The average molecular weight is 289 g/mol. The van der Waals surface area contributed by atoms with Crippen LogP contribution >= 0.6 is 0 Å². The van der Waals surface area contributed by atoms with E-state index in [0.29, 0.717) is 17.2 Å². The van der Waals surface area contributed by atoms with Crippen LogP contribution in [0.4, 0.5) is 0 Å².